The molecule has 0 radical (unpaired) electrons. The van der Waals surface area contributed by atoms with Crippen LogP contribution in [0.15, 0.2) is 0 Å². The lowest BCUT2D eigenvalue weighted by molar-refractivity contribution is -0.120. The molecule has 1 atom stereocenters. The Labute approximate surface area is 83.7 Å². The van der Waals surface area contributed by atoms with Gasteiger partial charge in [0.15, 0.2) is 23.5 Å². The van der Waals surface area contributed by atoms with Crippen molar-refractivity contribution in [2.24, 2.45) is 5.73 Å². The predicted octanol–water partition coefficient (Wildman–Crippen LogP) is -4.19. The van der Waals surface area contributed by atoms with Crippen molar-refractivity contribution in [3.8, 4) is 0 Å². The first-order chi connectivity index (χ1) is 5.09. The molecule has 1 fully saturated rings. The average molecular weight is 206 g/mol. The third kappa shape index (κ3) is 3.75. The van der Waals surface area contributed by atoms with Crippen LogP contribution in [0, 0.1) is 0 Å². The Hall–Kier alpha value is -1.30. The van der Waals surface area contributed by atoms with Gasteiger partial charge in [-0.25, -0.2) is 9.59 Å². The summed E-state index contributed by atoms with van der Waals surface area (Å²) in [6.45, 7) is 0. The average Bonchev–Trinajstić information content (AvgIpc) is 2.09. The van der Waals surface area contributed by atoms with Crippen LogP contribution in [0.4, 0.5) is 9.59 Å². The van der Waals surface area contributed by atoms with Crippen LogP contribution in [0.1, 0.15) is 0 Å². The largest absolute Gasteiger partial charge is 0.412 e. The Morgan fingerprint density at radius 1 is 1.46 bits per heavy atom. The van der Waals surface area contributed by atoms with Crippen LogP contribution in [-0.2, 0) is 4.79 Å². The minimum atomic E-state index is -1.04. The molecule has 1 rings (SSSR count). The fraction of sp³-hybridized carbons (Fsp3) is 0.250. The zero-order chi connectivity index (χ0) is 8.43. The number of nitrogens with one attached hydrogen (secondary N) is 3. The first-order valence-corrected chi connectivity index (χ1v) is 2.77. The molecule has 0 aromatic rings. The molecule has 1 heterocycles. The van der Waals surface area contributed by atoms with Gasteiger partial charge in [0.2, 0.25) is 0 Å². The van der Waals surface area contributed by atoms with Crippen molar-refractivity contribution in [3.63, 3.8) is 0 Å². The highest BCUT2D eigenvalue weighted by molar-refractivity contribution is 6.05. The van der Waals surface area contributed by atoms with E-state index < -0.39 is 24.1 Å². The number of urea groups is 2. The number of nitrogens with two attached hydrogens (primary N) is 1. The summed E-state index contributed by atoms with van der Waals surface area (Å²) in [6, 6.07) is -1.51. The summed E-state index contributed by atoms with van der Waals surface area (Å²) in [5, 5.41) is 6.05. The summed E-state index contributed by atoms with van der Waals surface area (Å²) in [7, 11) is 0. The maximum Gasteiger partial charge on any atom is 0.323 e. The van der Waals surface area contributed by atoms with E-state index in [9.17, 15) is 14.4 Å². The van der Waals surface area contributed by atoms with Crippen LogP contribution >= 0.6 is 0 Å². The summed E-state index contributed by atoms with van der Waals surface area (Å²) in [4.78, 5) is 31.3. The normalized spacial score (nSPS) is 18.9. The monoisotopic (exact) mass is 206 g/mol. The fourth-order valence-electron chi connectivity index (χ4n) is 0.661. The first kappa shape index (κ1) is 14.2. The molecule has 0 saturated carbocycles. The van der Waals surface area contributed by atoms with Crippen molar-refractivity contribution in [2.45, 2.75) is 6.17 Å². The minimum Gasteiger partial charge on any atom is -0.412 e. The van der Waals surface area contributed by atoms with E-state index in [4.69, 9.17) is 5.73 Å². The number of imide groups is 1. The van der Waals surface area contributed by atoms with Crippen molar-refractivity contribution < 1.29 is 19.9 Å². The van der Waals surface area contributed by atoms with Crippen molar-refractivity contribution in [3.05, 3.63) is 0 Å². The molecule has 1 saturated heterocycles. The molecule has 5 amide bonds. The van der Waals surface area contributed by atoms with Gasteiger partial charge < -0.3 is 21.8 Å². The Morgan fingerprint density at radius 2 is 2.00 bits per heavy atom. The Kier molecular flexibility index (Phi) is 5.88. The number of amides is 5. The highest BCUT2D eigenvalue weighted by Crippen LogP contribution is 1.86. The highest BCUT2D eigenvalue weighted by atomic mass is 27.0. The van der Waals surface area contributed by atoms with Crippen LogP contribution in [-0.4, -0.2) is 47.0 Å². The number of primary amides is 1. The molecule has 9 heteroatoms. The van der Waals surface area contributed by atoms with E-state index in [1.165, 1.54) is 0 Å². The summed E-state index contributed by atoms with van der Waals surface area (Å²) in [6.07, 6.45) is -1.04. The van der Waals surface area contributed by atoms with Gasteiger partial charge >= 0.3 is 12.1 Å². The van der Waals surface area contributed by atoms with E-state index in [0.29, 0.717) is 0 Å². The topological polar surface area (TPSA) is 145 Å². The van der Waals surface area contributed by atoms with E-state index >= 15 is 0 Å². The number of rotatable bonds is 1. The summed E-state index contributed by atoms with van der Waals surface area (Å²) in [5.74, 6) is -0.617. The van der Waals surface area contributed by atoms with Crippen LogP contribution in [0.25, 0.3) is 0 Å². The standard InChI is InChI=1S/C4H6N4O3.Al.H2O.3H/c5-3(10)6-1-2(9)8-4(11)7-1;;;;;/h1H,(H3,5,6,10)(H2,7,8,9,11);;1H2;;;. The maximum absolute atomic E-state index is 10.7. The highest BCUT2D eigenvalue weighted by Gasteiger charge is 2.29. The summed E-state index contributed by atoms with van der Waals surface area (Å²) in [5.41, 5.74) is 4.70. The van der Waals surface area contributed by atoms with Crippen LogP contribution in [0.2, 0.25) is 0 Å². The van der Waals surface area contributed by atoms with Gasteiger partial charge in [-0.1, -0.05) is 0 Å². The third-order valence-corrected chi connectivity index (χ3v) is 1.06. The molecular formula is C4H11AlN4O4. The quantitative estimate of drug-likeness (QED) is 0.255. The summed E-state index contributed by atoms with van der Waals surface area (Å²) < 4.78 is 0. The molecule has 0 aromatic heterocycles. The molecule has 74 valence electrons. The smallest absolute Gasteiger partial charge is 0.323 e. The fourth-order valence-corrected chi connectivity index (χ4v) is 0.661. The molecule has 8 nitrogen and oxygen atoms in total. The molecule has 1 unspecified atom stereocenters. The van der Waals surface area contributed by atoms with Gasteiger partial charge in [0.1, 0.15) is 0 Å². The molecular weight excluding hydrogens is 195 g/mol. The zero-order valence-corrected chi connectivity index (χ0v) is 5.88. The molecule has 1 aliphatic rings. The van der Waals surface area contributed by atoms with Crippen molar-refractivity contribution in [2.75, 3.05) is 0 Å². The van der Waals surface area contributed by atoms with E-state index in [-0.39, 0.29) is 22.8 Å². The number of hydrogen-bond donors (Lipinski definition) is 4. The second-order valence-electron chi connectivity index (χ2n) is 1.90. The van der Waals surface area contributed by atoms with E-state index in [0.717, 1.165) is 0 Å². The molecule has 0 aliphatic carbocycles. The summed E-state index contributed by atoms with van der Waals surface area (Å²) >= 11 is 0. The number of hydrogen-bond acceptors (Lipinski definition) is 3. The SMILES string of the molecule is NC(=O)NC1NC(=O)NC1=O.O.[AlH3]. The Bertz CT molecular complexity index is 232. The van der Waals surface area contributed by atoms with Gasteiger partial charge in [0.05, 0.1) is 0 Å². The van der Waals surface area contributed by atoms with Crippen molar-refractivity contribution >= 4 is 35.3 Å². The van der Waals surface area contributed by atoms with Gasteiger partial charge in [-0.3, -0.25) is 10.1 Å². The first-order valence-electron chi connectivity index (χ1n) is 2.77. The van der Waals surface area contributed by atoms with E-state index in [2.05, 4.69) is 5.32 Å². The second-order valence-corrected chi connectivity index (χ2v) is 1.90. The zero-order valence-electron chi connectivity index (χ0n) is 5.88. The van der Waals surface area contributed by atoms with E-state index in [1.54, 1.807) is 0 Å². The van der Waals surface area contributed by atoms with E-state index in [1.807, 2.05) is 10.6 Å². The molecule has 0 spiro atoms. The maximum atomic E-state index is 10.7. The van der Waals surface area contributed by atoms with Crippen molar-refractivity contribution in [1.82, 2.24) is 16.0 Å². The molecule has 1 aliphatic heterocycles. The van der Waals surface area contributed by atoms with Crippen molar-refractivity contribution in [1.29, 1.82) is 0 Å². The van der Waals surface area contributed by atoms with Gasteiger partial charge in [0, 0.05) is 0 Å². The minimum absolute atomic E-state index is 0. The van der Waals surface area contributed by atoms with Crippen LogP contribution in [0.3, 0.4) is 0 Å². The van der Waals surface area contributed by atoms with Gasteiger partial charge in [-0.15, -0.1) is 0 Å². The molecule has 0 aromatic carbocycles. The second kappa shape index (κ2) is 5.37. The molecule has 0 bridgehead atoms. The lowest BCUT2D eigenvalue weighted by Crippen LogP contribution is -2.48. The van der Waals surface area contributed by atoms with Crippen LogP contribution < -0.4 is 21.7 Å². The lowest BCUT2D eigenvalue weighted by Gasteiger charge is -2.05. The number of carbonyl (C=O) groups is 3. The third-order valence-electron chi connectivity index (χ3n) is 1.06. The number of carbonyl (C=O) groups excluding carboxylic acids is 3. The molecule has 7 N–H and O–H groups in total. The molecule has 13 heavy (non-hydrogen) atoms. The Balaban J connectivity index is 0. The van der Waals surface area contributed by atoms with Gasteiger partial charge in [0.25, 0.3) is 5.91 Å². The lowest BCUT2D eigenvalue weighted by atomic mass is 10.5. The van der Waals surface area contributed by atoms with Gasteiger partial charge in [-0.05, 0) is 0 Å². The predicted molar refractivity (Wildman–Crippen MR) is 46.7 cm³/mol. The Morgan fingerprint density at radius 3 is 2.31 bits per heavy atom. The van der Waals surface area contributed by atoms with Gasteiger partial charge in [-0.2, -0.15) is 0 Å². The van der Waals surface area contributed by atoms with Crippen LogP contribution in [0.5, 0.6) is 0 Å².